The number of likely N-dealkylation sites (tertiary alicyclic amines) is 1. The van der Waals surface area contributed by atoms with Crippen molar-refractivity contribution in [2.75, 3.05) is 24.5 Å². The van der Waals surface area contributed by atoms with Gasteiger partial charge in [-0.05, 0) is 60.8 Å². The number of primary amides is 1. The lowest BCUT2D eigenvalue weighted by Crippen LogP contribution is -2.48. The second kappa shape index (κ2) is 7.62. The van der Waals surface area contributed by atoms with E-state index in [4.69, 9.17) is 17.3 Å². The SMILES string of the molecule is CC#CC(=O)N1CCCC2CN(c3c(Cl)cc(C(N)=O)c4c3-c3ccccc3C4)CC21. The molecule has 5 rings (SSSR count). The first-order valence-corrected chi connectivity index (χ1v) is 11.1. The van der Waals surface area contributed by atoms with Gasteiger partial charge >= 0.3 is 0 Å². The minimum atomic E-state index is -0.456. The maximum absolute atomic E-state index is 12.6. The molecule has 2 aromatic carbocycles. The molecule has 0 saturated carbocycles. The van der Waals surface area contributed by atoms with Gasteiger partial charge in [0.15, 0.2) is 0 Å². The zero-order valence-corrected chi connectivity index (χ0v) is 18.2. The number of benzene rings is 2. The first-order valence-electron chi connectivity index (χ1n) is 10.7. The largest absolute Gasteiger partial charge is 0.367 e. The van der Waals surface area contributed by atoms with Crippen LogP contribution in [0, 0.1) is 17.8 Å². The monoisotopic (exact) mass is 433 g/mol. The van der Waals surface area contributed by atoms with Gasteiger partial charge in [-0.1, -0.05) is 41.8 Å². The summed E-state index contributed by atoms with van der Waals surface area (Å²) in [4.78, 5) is 29.0. The number of piperidine rings is 1. The van der Waals surface area contributed by atoms with Crippen LogP contribution in [-0.2, 0) is 11.2 Å². The molecule has 2 N–H and O–H groups in total. The molecule has 6 heteroatoms. The van der Waals surface area contributed by atoms with Crippen LogP contribution in [0.1, 0.15) is 41.3 Å². The Morgan fingerprint density at radius 2 is 2.03 bits per heavy atom. The summed E-state index contributed by atoms with van der Waals surface area (Å²) in [5.41, 5.74) is 11.4. The van der Waals surface area contributed by atoms with Crippen molar-refractivity contribution in [2.24, 2.45) is 11.7 Å². The number of fused-ring (bicyclic) bond motifs is 4. The first kappa shape index (κ1) is 20.0. The van der Waals surface area contributed by atoms with E-state index in [1.165, 1.54) is 5.56 Å². The Labute approximate surface area is 187 Å². The normalized spacial score (nSPS) is 21.1. The van der Waals surface area contributed by atoms with Crippen LogP contribution in [0.2, 0.25) is 5.02 Å². The molecule has 3 aliphatic rings. The predicted octanol–water partition coefficient (Wildman–Crippen LogP) is 3.46. The van der Waals surface area contributed by atoms with Gasteiger partial charge in [-0.15, -0.1) is 0 Å². The third kappa shape index (κ3) is 3.18. The Kier molecular flexibility index (Phi) is 4.91. The molecule has 2 aromatic rings. The summed E-state index contributed by atoms with van der Waals surface area (Å²) >= 11 is 6.80. The lowest BCUT2D eigenvalue weighted by molar-refractivity contribution is -0.129. The number of carbonyl (C=O) groups excluding carboxylic acids is 2. The van der Waals surface area contributed by atoms with E-state index in [9.17, 15) is 9.59 Å². The van der Waals surface area contributed by atoms with Crippen molar-refractivity contribution in [1.29, 1.82) is 0 Å². The van der Waals surface area contributed by atoms with Gasteiger partial charge < -0.3 is 15.5 Å². The molecule has 0 radical (unpaired) electrons. The molecule has 2 atom stereocenters. The highest BCUT2D eigenvalue weighted by Gasteiger charge is 2.42. The van der Waals surface area contributed by atoms with Gasteiger partial charge in [-0.2, -0.15) is 0 Å². The topological polar surface area (TPSA) is 66.6 Å². The van der Waals surface area contributed by atoms with E-state index in [2.05, 4.69) is 28.9 Å². The summed E-state index contributed by atoms with van der Waals surface area (Å²) in [6.07, 6.45) is 2.74. The van der Waals surface area contributed by atoms with Crippen molar-refractivity contribution in [3.63, 3.8) is 0 Å². The van der Waals surface area contributed by atoms with E-state index < -0.39 is 5.91 Å². The van der Waals surface area contributed by atoms with Crippen molar-refractivity contribution in [2.45, 2.75) is 32.2 Å². The van der Waals surface area contributed by atoms with Gasteiger partial charge in [0.1, 0.15) is 0 Å². The molecule has 5 nitrogen and oxygen atoms in total. The van der Waals surface area contributed by atoms with E-state index in [0.29, 0.717) is 29.5 Å². The van der Waals surface area contributed by atoms with Crippen LogP contribution >= 0.6 is 11.6 Å². The molecule has 2 fully saturated rings. The number of amides is 2. The predicted molar refractivity (Wildman–Crippen MR) is 122 cm³/mol. The summed E-state index contributed by atoms with van der Waals surface area (Å²) in [7, 11) is 0. The first-order chi connectivity index (χ1) is 15.0. The van der Waals surface area contributed by atoms with E-state index in [0.717, 1.165) is 48.3 Å². The smallest absolute Gasteiger partial charge is 0.298 e. The fraction of sp³-hybridized carbons (Fsp3) is 0.360. The van der Waals surface area contributed by atoms with E-state index in [1.54, 1.807) is 13.0 Å². The molecule has 31 heavy (non-hydrogen) atoms. The number of nitrogens with two attached hydrogens (primary N) is 1. The highest BCUT2D eigenvalue weighted by Crippen LogP contribution is 2.49. The van der Waals surface area contributed by atoms with Crippen molar-refractivity contribution in [3.05, 3.63) is 52.0 Å². The third-order valence-corrected chi connectivity index (χ3v) is 7.16. The summed E-state index contributed by atoms with van der Waals surface area (Å²) in [6.45, 7) is 3.99. The van der Waals surface area contributed by atoms with E-state index in [1.807, 2.05) is 17.0 Å². The fourth-order valence-electron chi connectivity index (χ4n) is 5.58. The van der Waals surface area contributed by atoms with Crippen LogP contribution in [0.3, 0.4) is 0 Å². The summed E-state index contributed by atoms with van der Waals surface area (Å²) in [6, 6.07) is 10.0. The standard InChI is InChI=1S/C25H24ClN3O2/c1-2-6-22(30)29-10-5-8-16-13-28(14-21(16)29)24-20(26)12-19(25(27)31)18-11-15-7-3-4-9-17(15)23(18)24/h3-4,7,9,12,16,21H,5,8,10-11,13-14H2,1H3,(H2,27,31). The van der Waals surface area contributed by atoms with Gasteiger partial charge in [0, 0.05) is 30.8 Å². The van der Waals surface area contributed by atoms with Crippen molar-refractivity contribution < 1.29 is 9.59 Å². The number of rotatable bonds is 2. The number of anilines is 1. The molecule has 158 valence electrons. The molecule has 2 amide bonds. The molecular formula is C25H24ClN3O2. The van der Waals surface area contributed by atoms with Crippen molar-refractivity contribution in [3.8, 4) is 23.0 Å². The second-order valence-electron chi connectivity index (χ2n) is 8.55. The zero-order chi connectivity index (χ0) is 21.7. The lowest BCUT2D eigenvalue weighted by atomic mass is 9.92. The number of nitrogens with zero attached hydrogens (tertiary/aromatic N) is 2. The third-order valence-electron chi connectivity index (χ3n) is 6.87. The van der Waals surface area contributed by atoms with Gasteiger partial charge in [-0.3, -0.25) is 9.59 Å². The highest BCUT2D eigenvalue weighted by molar-refractivity contribution is 6.35. The molecule has 0 aromatic heterocycles. The van der Waals surface area contributed by atoms with Gasteiger partial charge in [0.2, 0.25) is 5.91 Å². The Bertz CT molecular complexity index is 1160. The Morgan fingerprint density at radius 3 is 2.81 bits per heavy atom. The van der Waals surface area contributed by atoms with E-state index >= 15 is 0 Å². The summed E-state index contributed by atoms with van der Waals surface area (Å²) < 4.78 is 0. The number of hydrogen-bond donors (Lipinski definition) is 1. The average Bonchev–Trinajstić information content (AvgIpc) is 3.34. The summed E-state index contributed by atoms with van der Waals surface area (Å²) in [5, 5.41) is 0.536. The van der Waals surface area contributed by atoms with Crippen LogP contribution in [0.4, 0.5) is 5.69 Å². The fourth-order valence-corrected chi connectivity index (χ4v) is 5.91. The summed E-state index contributed by atoms with van der Waals surface area (Å²) in [5.74, 6) is 5.28. The number of carbonyl (C=O) groups is 2. The molecule has 1 aliphatic carbocycles. The van der Waals surface area contributed by atoms with Crippen LogP contribution in [-0.4, -0.2) is 42.4 Å². The zero-order valence-electron chi connectivity index (χ0n) is 17.5. The molecule has 2 aliphatic heterocycles. The molecule has 2 saturated heterocycles. The number of halogens is 1. The quantitative estimate of drug-likeness (QED) is 0.629. The van der Waals surface area contributed by atoms with Gasteiger partial charge in [0.25, 0.3) is 5.91 Å². The second-order valence-corrected chi connectivity index (χ2v) is 8.96. The van der Waals surface area contributed by atoms with Crippen LogP contribution < -0.4 is 10.6 Å². The van der Waals surface area contributed by atoms with Crippen molar-refractivity contribution >= 4 is 29.1 Å². The molecule has 0 spiro atoms. The van der Waals surface area contributed by atoms with Crippen LogP contribution in [0.15, 0.2) is 30.3 Å². The van der Waals surface area contributed by atoms with Crippen molar-refractivity contribution in [1.82, 2.24) is 4.90 Å². The molecular weight excluding hydrogens is 410 g/mol. The Balaban J connectivity index is 1.59. The molecule has 2 unspecified atom stereocenters. The average molecular weight is 434 g/mol. The van der Waals surface area contributed by atoms with Crippen LogP contribution in [0.5, 0.6) is 0 Å². The van der Waals surface area contributed by atoms with Gasteiger partial charge in [0.05, 0.1) is 16.8 Å². The minimum absolute atomic E-state index is 0.0928. The maximum atomic E-state index is 12.6. The molecule has 2 heterocycles. The highest BCUT2D eigenvalue weighted by atomic mass is 35.5. The lowest BCUT2D eigenvalue weighted by Gasteiger charge is -2.35. The van der Waals surface area contributed by atoms with Gasteiger partial charge in [-0.25, -0.2) is 0 Å². The van der Waals surface area contributed by atoms with Crippen LogP contribution in [0.25, 0.3) is 11.1 Å². The maximum Gasteiger partial charge on any atom is 0.298 e. The minimum Gasteiger partial charge on any atom is -0.367 e. The Morgan fingerprint density at radius 1 is 1.23 bits per heavy atom. The molecule has 0 bridgehead atoms. The van der Waals surface area contributed by atoms with E-state index in [-0.39, 0.29) is 11.9 Å². The number of hydrogen-bond acceptors (Lipinski definition) is 3. The Hall–Kier alpha value is -2.97.